The molecule has 2 nitrogen and oxygen atoms in total. The van der Waals surface area contributed by atoms with Crippen LogP contribution in [0.15, 0.2) is 48.5 Å². The lowest BCUT2D eigenvalue weighted by Gasteiger charge is -2.24. The van der Waals surface area contributed by atoms with Crippen molar-refractivity contribution in [3.63, 3.8) is 0 Å². The van der Waals surface area contributed by atoms with E-state index >= 15 is 0 Å². The van der Waals surface area contributed by atoms with Crippen LogP contribution in [0.3, 0.4) is 0 Å². The highest BCUT2D eigenvalue weighted by molar-refractivity contribution is 6.32. The molecule has 2 aromatic carbocycles. The molecule has 3 heteroatoms. The lowest BCUT2D eigenvalue weighted by Crippen LogP contribution is -2.16. The summed E-state index contributed by atoms with van der Waals surface area (Å²) in [5.41, 5.74) is 2.15. The molecule has 0 saturated carbocycles. The predicted molar refractivity (Wildman–Crippen MR) is 80.8 cm³/mol. The van der Waals surface area contributed by atoms with Gasteiger partial charge >= 0.3 is 0 Å². The number of benzene rings is 2. The summed E-state index contributed by atoms with van der Waals surface area (Å²) in [7, 11) is 0. The number of rotatable bonds is 4. The van der Waals surface area contributed by atoms with Gasteiger partial charge in [-0.1, -0.05) is 55.8 Å². The van der Waals surface area contributed by atoms with Crippen molar-refractivity contribution in [1.82, 2.24) is 0 Å². The Bertz CT molecular complexity index is 540. The third-order valence-corrected chi connectivity index (χ3v) is 3.40. The molecule has 0 heterocycles. The van der Waals surface area contributed by atoms with Crippen LogP contribution in [-0.4, -0.2) is 5.11 Å². The van der Waals surface area contributed by atoms with Gasteiger partial charge in [0.1, 0.15) is 5.75 Å². The Kier molecular flexibility index (Phi) is 4.33. The highest BCUT2D eigenvalue weighted by atomic mass is 35.5. The fourth-order valence-corrected chi connectivity index (χ4v) is 2.25. The Balaban J connectivity index is 2.24. The number of phenolic OH excluding ortho intramolecular Hbond substituents is 1. The average Bonchev–Trinajstić information content (AvgIpc) is 2.40. The number of hydrogen-bond acceptors (Lipinski definition) is 2. The van der Waals surface area contributed by atoms with Gasteiger partial charge in [0.05, 0.1) is 11.1 Å². The zero-order valence-corrected chi connectivity index (χ0v) is 11.9. The molecule has 1 atom stereocenters. The molecule has 0 bridgehead atoms. The van der Waals surface area contributed by atoms with Crippen molar-refractivity contribution in [2.75, 3.05) is 5.32 Å². The highest BCUT2D eigenvalue weighted by Gasteiger charge is 2.15. The number of nitrogens with one attached hydrogen (secondary N) is 1. The van der Waals surface area contributed by atoms with E-state index in [-0.39, 0.29) is 11.8 Å². The molecule has 0 aromatic heterocycles. The molecule has 0 aliphatic rings. The topological polar surface area (TPSA) is 32.3 Å². The summed E-state index contributed by atoms with van der Waals surface area (Å²) in [6.07, 6.45) is 0. The fourth-order valence-electron chi connectivity index (χ4n) is 2.07. The van der Waals surface area contributed by atoms with Gasteiger partial charge < -0.3 is 10.4 Å². The average molecular weight is 276 g/mol. The van der Waals surface area contributed by atoms with E-state index in [2.05, 4.69) is 31.3 Å². The van der Waals surface area contributed by atoms with Crippen LogP contribution in [0.4, 0.5) is 5.69 Å². The minimum Gasteiger partial charge on any atom is -0.506 e. The first-order valence-corrected chi connectivity index (χ1v) is 6.75. The lowest BCUT2D eigenvalue weighted by molar-refractivity contribution is 0.475. The van der Waals surface area contributed by atoms with Crippen molar-refractivity contribution in [2.45, 2.75) is 19.9 Å². The van der Waals surface area contributed by atoms with Crippen molar-refractivity contribution in [1.29, 1.82) is 0 Å². The standard InChI is InChI=1S/C16H18ClNO/c1-11(2)16(12-6-4-3-5-7-12)18-13-8-9-15(19)14(17)10-13/h3-11,16,18-19H,1-2H3. The van der Waals surface area contributed by atoms with E-state index in [0.717, 1.165) is 5.69 Å². The summed E-state index contributed by atoms with van der Waals surface area (Å²) in [6, 6.07) is 15.7. The molecule has 2 aromatic rings. The Morgan fingerprint density at radius 1 is 1.05 bits per heavy atom. The molecule has 0 radical (unpaired) electrons. The number of hydrogen-bond donors (Lipinski definition) is 2. The summed E-state index contributed by atoms with van der Waals surface area (Å²) in [6.45, 7) is 4.35. The molecule has 19 heavy (non-hydrogen) atoms. The maximum Gasteiger partial charge on any atom is 0.134 e. The molecule has 2 N–H and O–H groups in total. The normalized spacial score (nSPS) is 12.4. The number of anilines is 1. The molecule has 0 aliphatic heterocycles. The lowest BCUT2D eigenvalue weighted by atomic mass is 9.96. The third kappa shape index (κ3) is 3.42. The monoisotopic (exact) mass is 275 g/mol. The smallest absolute Gasteiger partial charge is 0.134 e. The second kappa shape index (κ2) is 5.98. The molecule has 1 unspecified atom stereocenters. The van der Waals surface area contributed by atoms with Crippen LogP contribution in [0.5, 0.6) is 5.75 Å². The molecule has 0 fully saturated rings. The molecule has 100 valence electrons. The van der Waals surface area contributed by atoms with Crippen LogP contribution in [0.1, 0.15) is 25.5 Å². The molecular formula is C16H18ClNO. The summed E-state index contributed by atoms with van der Waals surface area (Å²) >= 11 is 5.93. The first-order valence-electron chi connectivity index (χ1n) is 6.38. The Morgan fingerprint density at radius 3 is 2.32 bits per heavy atom. The van der Waals surface area contributed by atoms with Gasteiger partial charge in [0, 0.05) is 5.69 Å². The van der Waals surface area contributed by atoms with Gasteiger partial charge in [-0.2, -0.15) is 0 Å². The maximum atomic E-state index is 9.44. The largest absolute Gasteiger partial charge is 0.506 e. The van der Waals surface area contributed by atoms with Crippen LogP contribution in [0.25, 0.3) is 0 Å². The third-order valence-electron chi connectivity index (χ3n) is 3.10. The van der Waals surface area contributed by atoms with Gasteiger partial charge in [-0.25, -0.2) is 0 Å². The first kappa shape index (κ1) is 13.8. The molecule has 0 amide bonds. The Morgan fingerprint density at radius 2 is 1.74 bits per heavy atom. The van der Waals surface area contributed by atoms with Crippen molar-refractivity contribution in [3.8, 4) is 5.75 Å². The number of halogens is 1. The second-order valence-electron chi connectivity index (χ2n) is 4.94. The van der Waals surface area contributed by atoms with Crippen molar-refractivity contribution in [2.24, 2.45) is 5.92 Å². The SMILES string of the molecule is CC(C)C(Nc1ccc(O)c(Cl)c1)c1ccccc1. The Labute approximate surface area is 119 Å². The van der Waals surface area contributed by atoms with E-state index in [4.69, 9.17) is 11.6 Å². The molecule has 0 spiro atoms. The molecule has 0 aliphatic carbocycles. The van der Waals surface area contributed by atoms with E-state index in [1.54, 1.807) is 12.1 Å². The van der Waals surface area contributed by atoms with Gasteiger partial charge in [-0.15, -0.1) is 0 Å². The minimum atomic E-state index is 0.105. The van der Waals surface area contributed by atoms with Gasteiger partial charge in [0.2, 0.25) is 0 Å². The van der Waals surface area contributed by atoms with E-state index in [1.165, 1.54) is 5.56 Å². The quantitative estimate of drug-likeness (QED) is 0.782. The van der Waals surface area contributed by atoms with Gasteiger partial charge in [0.15, 0.2) is 0 Å². The zero-order valence-electron chi connectivity index (χ0n) is 11.1. The van der Waals surface area contributed by atoms with E-state index in [9.17, 15) is 5.11 Å². The number of aromatic hydroxyl groups is 1. The van der Waals surface area contributed by atoms with Crippen LogP contribution in [0, 0.1) is 5.92 Å². The molecule has 0 saturated heterocycles. The van der Waals surface area contributed by atoms with Crippen molar-refractivity contribution in [3.05, 3.63) is 59.1 Å². The van der Waals surface area contributed by atoms with Crippen LogP contribution >= 0.6 is 11.6 Å². The molecule has 2 rings (SSSR count). The highest BCUT2D eigenvalue weighted by Crippen LogP contribution is 2.30. The van der Waals surface area contributed by atoms with E-state index in [1.807, 2.05) is 24.3 Å². The molecular weight excluding hydrogens is 258 g/mol. The second-order valence-corrected chi connectivity index (χ2v) is 5.35. The predicted octanol–water partition coefficient (Wildman–Crippen LogP) is 4.85. The maximum absolute atomic E-state index is 9.44. The minimum absolute atomic E-state index is 0.105. The summed E-state index contributed by atoms with van der Waals surface area (Å²) in [4.78, 5) is 0. The van der Waals surface area contributed by atoms with Gasteiger partial charge in [-0.3, -0.25) is 0 Å². The van der Waals surface area contributed by atoms with Gasteiger partial charge in [0.25, 0.3) is 0 Å². The first-order chi connectivity index (χ1) is 9.08. The van der Waals surface area contributed by atoms with Crippen molar-refractivity contribution < 1.29 is 5.11 Å². The van der Waals surface area contributed by atoms with E-state index < -0.39 is 0 Å². The number of phenols is 1. The summed E-state index contributed by atoms with van der Waals surface area (Å²) < 4.78 is 0. The zero-order chi connectivity index (χ0) is 13.8. The van der Waals surface area contributed by atoms with Crippen LogP contribution in [-0.2, 0) is 0 Å². The Hall–Kier alpha value is -1.67. The van der Waals surface area contributed by atoms with Crippen molar-refractivity contribution >= 4 is 17.3 Å². The van der Waals surface area contributed by atoms with Gasteiger partial charge in [-0.05, 0) is 29.7 Å². The fraction of sp³-hybridized carbons (Fsp3) is 0.250. The van der Waals surface area contributed by atoms with Crippen LogP contribution < -0.4 is 5.32 Å². The van der Waals surface area contributed by atoms with Crippen LogP contribution in [0.2, 0.25) is 5.02 Å². The van der Waals surface area contributed by atoms with E-state index in [0.29, 0.717) is 10.9 Å². The summed E-state index contributed by atoms with van der Waals surface area (Å²) in [5, 5.41) is 13.3. The summed E-state index contributed by atoms with van der Waals surface area (Å²) in [5.74, 6) is 0.544.